The van der Waals surface area contributed by atoms with Crippen LogP contribution in [0.4, 0.5) is 0 Å². The van der Waals surface area contributed by atoms with Crippen molar-refractivity contribution in [3.63, 3.8) is 0 Å². The van der Waals surface area contributed by atoms with E-state index in [-0.39, 0.29) is 11.2 Å². The van der Waals surface area contributed by atoms with Gasteiger partial charge in [-0.05, 0) is 31.5 Å². The number of para-hydroxylation sites is 1. The highest BCUT2D eigenvalue weighted by Gasteiger charge is 2.21. The molecule has 9 heteroatoms. The smallest absolute Gasteiger partial charge is 0.233 e. The molecular formula is C23H27ClN4O3S. The van der Waals surface area contributed by atoms with E-state index in [2.05, 4.69) is 15.5 Å². The SMILES string of the molecule is COCCCn1c(SC(C)C(=O)NCc2ccccc2OC)nnc1-c1ccccc1Cl. The minimum atomic E-state index is -0.367. The highest BCUT2D eigenvalue weighted by atomic mass is 35.5. The fraction of sp³-hybridized carbons (Fsp3) is 0.348. The maximum Gasteiger partial charge on any atom is 0.233 e. The number of amides is 1. The summed E-state index contributed by atoms with van der Waals surface area (Å²) in [7, 11) is 3.29. The van der Waals surface area contributed by atoms with Crippen LogP contribution in [0.3, 0.4) is 0 Å². The molecule has 1 heterocycles. The zero-order chi connectivity index (χ0) is 22.9. The summed E-state index contributed by atoms with van der Waals surface area (Å²) in [6.07, 6.45) is 0.786. The van der Waals surface area contributed by atoms with Crippen molar-refractivity contribution in [1.29, 1.82) is 0 Å². The fourth-order valence-electron chi connectivity index (χ4n) is 3.17. The summed E-state index contributed by atoms with van der Waals surface area (Å²) < 4.78 is 12.5. The van der Waals surface area contributed by atoms with Gasteiger partial charge in [0.2, 0.25) is 5.91 Å². The number of ether oxygens (including phenoxy) is 2. The van der Waals surface area contributed by atoms with E-state index in [1.165, 1.54) is 11.8 Å². The molecule has 32 heavy (non-hydrogen) atoms. The van der Waals surface area contributed by atoms with Crippen LogP contribution in [-0.4, -0.2) is 46.7 Å². The highest BCUT2D eigenvalue weighted by molar-refractivity contribution is 8.00. The first-order valence-corrected chi connectivity index (χ1v) is 11.5. The molecule has 0 saturated heterocycles. The lowest BCUT2D eigenvalue weighted by Crippen LogP contribution is -2.30. The van der Waals surface area contributed by atoms with Crippen molar-refractivity contribution >= 4 is 29.3 Å². The van der Waals surface area contributed by atoms with Crippen molar-refractivity contribution in [3.05, 3.63) is 59.1 Å². The number of hydrogen-bond acceptors (Lipinski definition) is 6. The van der Waals surface area contributed by atoms with Gasteiger partial charge in [-0.1, -0.05) is 53.7 Å². The van der Waals surface area contributed by atoms with Gasteiger partial charge in [0.05, 0.1) is 17.4 Å². The van der Waals surface area contributed by atoms with Crippen LogP contribution >= 0.6 is 23.4 Å². The topological polar surface area (TPSA) is 78.3 Å². The molecule has 0 spiro atoms. The molecule has 0 aliphatic carbocycles. The van der Waals surface area contributed by atoms with Crippen molar-refractivity contribution in [3.8, 4) is 17.1 Å². The minimum absolute atomic E-state index is 0.0911. The second-order valence-electron chi connectivity index (χ2n) is 7.07. The average Bonchev–Trinajstić information content (AvgIpc) is 3.20. The zero-order valence-corrected chi connectivity index (χ0v) is 19.9. The van der Waals surface area contributed by atoms with Crippen LogP contribution in [0.1, 0.15) is 18.9 Å². The summed E-state index contributed by atoms with van der Waals surface area (Å²) in [6, 6.07) is 15.1. The van der Waals surface area contributed by atoms with Crippen molar-refractivity contribution in [2.24, 2.45) is 0 Å². The second-order valence-corrected chi connectivity index (χ2v) is 8.79. The van der Waals surface area contributed by atoms with Crippen LogP contribution in [0, 0.1) is 0 Å². The van der Waals surface area contributed by atoms with Gasteiger partial charge in [0.15, 0.2) is 11.0 Å². The first kappa shape index (κ1) is 24.1. The molecule has 7 nitrogen and oxygen atoms in total. The van der Waals surface area contributed by atoms with Crippen LogP contribution in [0.25, 0.3) is 11.4 Å². The van der Waals surface area contributed by atoms with Gasteiger partial charge in [-0.3, -0.25) is 4.79 Å². The Balaban J connectivity index is 1.73. The van der Waals surface area contributed by atoms with Gasteiger partial charge in [0.25, 0.3) is 0 Å². The molecule has 2 aromatic carbocycles. The lowest BCUT2D eigenvalue weighted by Gasteiger charge is -2.15. The lowest BCUT2D eigenvalue weighted by atomic mass is 10.2. The molecule has 0 radical (unpaired) electrons. The van der Waals surface area contributed by atoms with Crippen LogP contribution < -0.4 is 10.1 Å². The Bertz CT molecular complexity index is 1040. The summed E-state index contributed by atoms with van der Waals surface area (Å²) in [5, 5.41) is 12.6. The normalized spacial score (nSPS) is 11.9. The molecule has 0 fully saturated rings. The van der Waals surface area contributed by atoms with Gasteiger partial charge in [-0.25, -0.2) is 0 Å². The molecule has 1 unspecified atom stereocenters. The van der Waals surface area contributed by atoms with E-state index < -0.39 is 0 Å². The number of rotatable bonds is 11. The number of halogens is 1. The number of aromatic nitrogens is 3. The zero-order valence-electron chi connectivity index (χ0n) is 18.4. The monoisotopic (exact) mass is 474 g/mol. The van der Waals surface area contributed by atoms with Crippen molar-refractivity contribution in [1.82, 2.24) is 20.1 Å². The van der Waals surface area contributed by atoms with Gasteiger partial charge in [-0.2, -0.15) is 0 Å². The van der Waals surface area contributed by atoms with Crippen LogP contribution in [0.15, 0.2) is 53.7 Å². The lowest BCUT2D eigenvalue weighted by molar-refractivity contribution is -0.120. The quantitative estimate of drug-likeness (QED) is 0.327. The van der Waals surface area contributed by atoms with Crippen molar-refractivity contribution in [2.75, 3.05) is 20.8 Å². The number of thioether (sulfide) groups is 1. The summed E-state index contributed by atoms with van der Waals surface area (Å²) in [6.45, 7) is 3.50. The summed E-state index contributed by atoms with van der Waals surface area (Å²) in [4.78, 5) is 12.8. The Morgan fingerprint density at radius 1 is 1.16 bits per heavy atom. The Morgan fingerprint density at radius 3 is 2.66 bits per heavy atom. The molecule has 3 aromatic rings. The Hall–Kier alpha value is -2.55. The summed E-state index contributed by atoms with van der Waals surface area (Å²) in [5.74, 6) is 1.33. The summed E-state index contributed by atoms with van der Waals surface area (Å²) >= 11 is 7.76. The van der Waals surface area contributed by atoms with E-state index in [1.807, 2.05) is 60.0 Å². The van der Waals surface area contributed by atoms with Gasteiger partial charge in [0.1, 0.15) is 5.75 Å². The standard InChI is InChI=1S/C23H27ClN4O3S/c1-16(22(29)25-15-17-9-4-7-12-20(17)31-3)32-23-27-26-21(28(23)13-8-14-30-2)18-10-5-6-11-19(18)24/h4-7,9-12,16H,8,13-15H2,1-3H3,(H,25,29). The molecule has 0 aliphatic heterocycles. The number of nitrogens with one attached hydrogen (secondary N) is 1. The molecule has 1 atom stereocenters. The third kappa shape index (κ3) is 6.03. The average molecular weight is 475 g/mol. The number of benzene rings is 2. The Kier molecular flexibility index (Phi) is 8.96. The molecule has 0 bridgehead atoms. The molecule has 170 valence electrons. The number of carbonyl (C=O) groups is 1. The number of nitrogens with zero attached hydrogens (tertiary/aromatic N) is 3. The summed E-state index contributed by atoms with van der Waals surface area (Å²) in [5.41, 5.74) is 1.73. The van der Waals surface area contributed by atoms with Crippen molar-refractivity contribution < 1.29 is 14.3 Å². The third-order valence-corrected chi connectivity index (χ3v) is 6.27. The maximum atomic E-state index is 12.8. The maximum absolute atomic E-state index is 12.8. The van der Waals surface area contributed by atoms with Crippen LogP contribution in [-0.2, 0) is 22.6 Å². The first-order chi connectivity index (χ1) is 15.5. The molecule has 1 N–H and O–H groups in total. The minimum Gasteiger partial charge on any atom is -0.496 e. The van der Waals surface area contributed by atoms with E-state index >= 15 is 0 Å². The first-order valence-electron chi connectivity index (χ1n) is 10.3. The third-order valence-electron chi connectivity index (χ3n) is 4.86. The van der Waals surface area contributed by atoms with Crippen LogP contribution in [0.5, 0.6) is 5.75 Å². The Labute approximate surface area is 197 Å². The molecular weight excluding hydrogens is 448 g/mol. The molecule has 0 aliphatic rings. The van der Waals surface area contributed by atoms with E-state index in [4.69, 9.17) is 21.1 Å². The number of hydrogen-bond donors (Lipinski definition) is 1. The molecule has 1 aromatic heterocycles. The molecule has 0 saturated carbocycles. The van der Waals surface area contributed by atoms with Gasteiger partial charge < -0.3 is 19.4 Å². The van der Waals surface area contributed by atoms with Gasteiger partial charge in [0, 0.05) is 37.9 Å². The Morgan fingerprint density at radius 2 is 1.91 bits per heavy atom. The number of methoxy groups -OCH3 is 2. The van der Waals surface area contributed by atoms with Crippen molar-refractivity contribution in [2.45, 2.75) is 36.8 Å². The second kappa shape index (κ2) is 11.9. The van der Waals surface area contributed by atoms with Gasteiger partial charge >= 0.3 is 0 Å². The predicted octanol–water partition coefficient (Wildman–Crippen LogP) is 4.44. The van der Waals surface area contributed by atoms with Crippen LogP contribution in [0.2, 0.25) is 5.02 Å². The van der Waals surface area contributed by atoms with E-state index in [0.717, 1.165) is 23.3 Å². The van der Waals surface area contributed by atoms with E-state index in [9.17, 15) is 4.79 Å². The van der Waals surface area contributed by atoms with E-state index in [1.54, 1.807) is 14.2 Å². The molecule has 1 amide bonds. The van der Waals surface area contributed by atoms with Gasteiger partial charge in [-0.15, -0.1) is 10.2 Å². The predicted molar refractivity (Wildman–Crippen MR) is 127 cm³/mol. The van der Waals surface area contributed by atoms with E-state index in [0.29, 0.717) is 35.7 Å². The largest absolute Gasteiger partial charge is 0.496 e. The molecule has 3 rings (SSSR count). The highest BCUT2D eigenvalue weighted by Crippen LogP contribution is 2.31. The fourth-order valence-corrected chi connectivity index (χ4v) is 4.29. The number of carbonyl (C=O) groups excluding carboxylic acids is 1.